The third kappa shape index (κ3) is 3.80. The number of nitrogens with one attached hydrogen (secondary N) is 1. The number of carbonyl (C=O) groups excluding carboxylic acids is 1. The van der Waals surface area contributed by atoms with E-state index in [9.17, 15) is 4.79 Å². The molecule has 0 bridgehead atoms. The predicted molar refractivity (Wildman–Crippen MR) is 80.0 cm³/mol. The number of aryl methyl sites for hydroxylation is 1. The van der Waals surface area contributed by atoms with Crippen molar-refractivity contribution in [3.05, 3.63) is 28.2 Å². The van der Waals surface area contributed by atoms with Gasteiger partial charge >= 0.3 is 0 Å². The van der Waals surface area contributed by atoms with E-state index in [0.717, 1.165) is 41.4 Å². The molecular formula is C15H20BrNO2. The maximum Gasteiger partial charge on any atom is 0.227 e. The summed E-state index contributed by atoms with van der Waals surface area (Å²) in [4.78, 5) is 12.2. The Bertz CT molecular complexity index is 453. The first kappa shape index (κ1) is 14.5. The number of aliphatic hydroxyl groups excluding tert-OH is 1. The molecule has 3 nitrogen and oxygen atoms in total. The van der Waals surface area contributed by atoms with Gasteiger partial charge in [0, 0.05) is 22.7 Å². The van der Waals surface area contributed by atoms with Gasteiger partial charge in [0.05, 0.1) is 0 Å². The average Bonchev–Trinajstić information content (AvgIpc) is 2.43. The molecule has 0 saturated heterocycles. The lowest BCUT2D eigenvalue weighted by Crippen LogP contribution is -2.28. The van der Waals surface area contributed by atoms with Crippen LogP contribution in [0.15, 0.2) is 22.7 Å². The smallest absolute Gasteiger partial charge is 0.227 e. The molecule has 2 rings (SSSR count). The van der Waals surface area contributed by atoms with Crippen LogP contribution < -0.4 is 5.32 Å². The molecule has 0 atom stereocenters. The molecule has 0 aliphatic heterocycles. The summed E-state index contributed by atoms with van der Waals surface area (Å²) in [5, 5.41) is 12.1. The van der Waals surface area contributed by atoms with Crippen molar-refractivity contribution in [2.45, 2.75) is 32.6 Å². The maximum absolute atomic E-state index is 12.2. The Morgan fingerprint density at radius 1 is 1.37 bits per heavy atom. The summed E-state index contributed by atoms with van der Waals surface area (Å²) in [5.74, 6) is 0.576. The minimum absolute atomic E-state index is 0.0860. The minimum atomic E-state index is 0.0860. The Labute approximate surface area is 122 Å². The first-order valence-corrected chi connectivity index (χ1v) is 7.57. The van der Waals surface area contributed by atoms with Crippen LogP contribution in [0.3, 0.4) is 0 Å². The second-order valence-electron chi connectivity index (χ2n) is 5.35. The summed E-state index contributed by atoms with van der Waals surface area (Å²) in [6.07, 6.45) is 3.66. The summed E-state index contributed by atoms with van der Waals surface area (Å²) in [6.45, 7) is 2.27. The first-order chi connectivity index (χ1) is 9.10. The molecule has 0 aromatic heterocycles. The average molecular weight is 326 g/mol. The Balaban J connectivity index is 1.92. The van der Waals surface area contributed by atoms with E-state index in [1.165, 1.54) is 0 Å². The fourth-order valence-electron chi connectivity index (χ4n) is 2.52. The van der Waals surface area contributed by atoms with E-state index in [0.29, 0.717) is 5.92 Å². The van der Waals surface area contributed by atoms with Crippen molar-refractivity contribution in [1.82, 2.24) is 0 Å². The molecule has 2 N–H and O–H groups in total. The zero-order valence-electron chi connectivity index (χ0n) is 11.2. The molecule has 1 aromatic rings. The molecule has 1 fully saturated rings. The van der Waals surface area contributed by atoms with Crippen molar-refractivity contribution in [2.24, 2.45) is 11.8 Å². The number of aliphatic hydroxyl groups is 1. The van der Waals surface area contributed by atoms with Crippen LogP contribution in [0.5, 0.6) is 0 Å². The second kappa shape index (κ2) is 6.53. The third-order valence-electron chi connectivity index (χ3n) is 3.92. The topological polar surface area (TPSA) is 49.3 Å². The summed E-state index contributed by atoms with van der Waals surface area (Å²) in [6, 6.07) is 5.85. The van der Waals surface area contributed by atoms with Gasteiger partial charge in [-0.1, -0.05) is 22.0 Å². The molecule has 0 heterocycles. The molecule has 1 saturated carbocycles. The number of benzene rings is 1. The van der Waals surface area contributed by atoms with E-state index in [1.807, 2.05) is 25.1 Å². The van der Waals surface area contributed by atoms with Gasteiger partial charge in [-0.3, -0.25) is 4.79 Å². The molecule has 1 aliphatic rings. The Kier molecular flexibility index (Phi) is 4.99. The standard InChI is InChI=1S/C15H20BrNO2/c1-10-2-7-13(8-14(10)16)17-15(19)12-5-3-11(9-18)4-6-12/h2,7-8,11-12,18H,3-6,9H2,1H3,(H,17,19). The predicted octanol–water partition coefficient (Wildman–Crippen LogP) is 3.49. The van der Waals surface area contributed by atoms with Crippen LogP contribution in [-0.4, -0.2) is 17.6 Å². The first-order valence-electron chi connectivity index (χ1n) is 6.78. The molecule has 1 amide bonds. The number of halogens is 1. The molecule has 19 heavy (non-hydrogen) atoms. The molecular weight excluding hydrogens is 306 g/mol. The number of anilines is 1. The highest BCUT2D eigenvalue weighted by molar-refractivity contribution is 9.10. The lowest BCUT2D eigenvalue weighted by atomic mass is 9.82. The normalized spacial score (nSPS) is 23.1. The Morgan fingerprint density at radius 3 is 2.63 bits per heavy atom. The molecule has 0 unspecified atom stereocenters. The van der Waals surface area contributed by atoms with Crippen molar-refractivity contribution < 1.29 is 9.90 Å². The summed E-state index contributed by atoms with van der Waals surface area (Å²) < 4.78 is 1.01. The Morgan fingerprint density at radius 2 is 2.05 bits per heavy atom. The van der Waals surface area contributed by atoms with Crippen LogP contribution in [0.2, 0.25) is 0 Å². The summed E-state index contributed by atoms with van der Waals surface area (Å²) >= 11 is 3.47. The van der Waals surface area contributed by atoms with E-state index in [2.05, 4.69) is 21.2 Å². The fourth-order valence-corrected chi connectivity index (χ4v) is 2.90. The maximum atomic E-state index is 12.2. The Hall–Kier alpha value is -0.870. The van der Waals surface area contributed by atoms with Crippen LogP contribution >= 0.6 is 15.9 Å². The van der Waals surface area contributed by atoms with E-state index >= 15 is 0 Å². The van der Waals surface area contributed by atoms with Crippen LogP contribution in [-0.2, 0) is 4.79 Å². The zero-order valence-corrected chi connectivity index (χ0v) is 12.7. The van der Waals surface area contributed by atoms with Crippen LogP contribution in [0.1, 0.15) is 31.2 Å². The largest absolute Gasteiger partial charge is 0.396 e. The van der Waals surface area contributed by atoms with Gasteiger partial charge in [0.2, 0.25) is 5.91 Å². The number of rotatable bonds is 3. The van der Waals surface area contributed by atoms with E-state index in [4.69, 9.17) is 5.11 Å². The van der Waals surface area contributed by atoms with Crippen LogP contribution in [0.25, 0.3) is 0 Å². The minimum Gasteiger partial charge on any atom is -0.396 e. The SMILES string of the molecule is Cc1ccc(NC(=O)C2CCC(CO)CC2)cc1Br. The molecule has 1 aromatic carbocycles. The van der Waals surface area contributed by atoms with Crippen molar-refractivity contribution in [3.8, 4) is 0 Å². The second-order valence-corrected chi connectivity index (χ2v) is 6.21. The highest BCUT2D eigenvalue weighted by Crippen LogP contribution is 2.29. The lowest BCUT2D eigenvalue weighted by molar-refractivity contribution is -0.121. The highest BCUT2D eigenvalue weighted by Gasteiger charge is 2.25. The fraction of sp³-hybridized carbons (Fsp3) is 0.533. The van der Waals surface area contributed by atoms with Gasteiger partial charge in [-0.15, -0.1) is 0 Å². The van der Waals surface area contributed by atoms with Crippen molar-refractivity contribution in [2.75, 3.05) is 11.9 Å². The van der Waals surface area contributed by atoms with Crippen LogP contribution in [0.4, 0.5) is 5.69 Å². The zero-order chi connectivity index (χ0) is 13.8. The number of hydrogen-bond donors (Lipinski definition) is 2. The van der Waals surface area contributed by atoms with Crippen molar-refractivity contribution in [1.29, 1.82) is 0 Å². The van der Waals surface area contributed by atoms with Gasteiger partial charge in [0.25, 0.3) is 0 Å². The van der Waals surface area contributed by atoms with Gasteiger partial charge < -0.3 is 10.4 Å². The van der Waals surface area contributed by atoms with Crippen LogP contribution in [0, 0.1) is 18.8 Å². The van der Waals surface area contributed by atoms with E-state index < -0.39 is 0 Å². The molecule has 104 valence electrons. The molecule has 0 spiro atoms. The van der Waals surface area contributed by atoms with Crippen molar-refractivity contribution in [3.63, 3.8) is 0 Å². The van der Waals surface area contributed by atoms with Gasteiger partial charge in [0.1, 0.15) is 0 Å². The van der Waals surface area contributed by atoms with E-state index in [-0.39, 0.29) is 18.4 Å². The monoisotopic (exact) mass is 325 g/mol. The van der Waals surface area contributed by atoms with E-state index in [1.54, 1.807) is 0 Å². The highest BCUT2D eigenvalue weighted by atomic mass is 79.9. The molecule has 1 aliphatic carbocycles. The number of carbonyl (C=O) groups is 1. The molecule has 4 heteroatoms. The summed E-state index contributed by atoms with van der Waals surface area (Å²) in [5.41, 5.74) is 1.99. The quantitative estimate of drug-likeness (QED) is 0.893. The van der Waals surface area contributed by atoms with Gasteiger partial charge in [-0.2, -0.15) is 0 Å². The molecule has 0 radical (unpaired) electrons. The lowest BCUT2D eigenvalue weighted by Gasteiger charge is -2.26. The third-order valence-corrected chi connectivity index (χ3v) is 4.77. The van der Waals surface area contributed by atoms with Gasteiger partial charge in [-0.25, -0.2) is 0 Å². The number of hydrogen-bond acceptors (Lipinski definition) is 2. The summed E-state index contributed by atoms with van der Waals surface area (Å²) in [7, 11) is 0. The number of amides is 1. The van der Waals surface area contributed by atoms with Gasteiger partial charge in [-0.05, 0) is 56.2 Å². The van der Waals surface area contributed by atoms with Gasteiger partial charge in [0.15, 0.2) is 0 Å². The van der Waals surface area contributed by atoms with Crippen molar-refractivity contribution >= 4 is 27.5 Å².